The summed E-state index contributed by atoms with van der Waals surface area (Å²) in [7, 11) is 0. The summed E-state index contributed by atoms with van der Waals surface area (Å²) in [5.41, 5.74) is 4.89. The molecule has 0 aromatic heterocycles. The molecule has 0 saturated heterocycles. The van der Waals surface area contributed by atoms with E-state index in [1.807, 2.05) is 32.9 Å². The molecule has 0 atom stereocenters. The van der Waals surface area contributed by atoms with Crippen molar-refractivity contribution in [1.82, 2.24) is 5.32 Å². The molecular weight excluding hydrogens is 300 g/mol. The van der Waals surface area contributed by atoms with Crippen LogP contribution in [-0.2, 0) is 0 Å². The SMILES string of the molecule is C=CCNC(=O)c1cccc(C(=O)Nc2c(C)cc(C)cc2C)c1. The lowest BCUT2D eigenvalue weighted by Gasteiger charge is -2.13. The molecule has 0 aliphatic carbocycles. The number of hydrogen-bond acceptors (Lipinski definition) is 2. The number of aryl methyl sites for hydroxylation is 3. The lowest BCUT2D eigenvalue weighted by atomic mass is 10.0. The maximum Gasteiger partial charge on any atom is 0.255 e. The number of nitrogens with one attached hydrogen (secondary N) is 2. The van der Waals surface area contributed by atoms with Gasteiger partial charge in [-0.2, -0.15) is 0 Å². The van der Waals surface area contributed by atoms with E-state index in [4.69, 9.17) is 0 Å². The molecule has 2 aromatic carbocycles. The van der Waals surface area contributed by atoms with Gasteiger partial charge in [0.25, 0.3) is 11.8 Å². The average molecular weight is 322 g/mol. The number of benzene rings is 2. The molecular formula is C20H22N2O2. The highest BCUT2D eigenvalue weighted by atomic mass is 16.2. The summed E-state index contributed by atoms with van der Waals surface area (Å²) in [6, 6.07) is 10.7. The molecule has 4 nitrogen and oxygen atoms in total. The second-order valence-corrected chi connectivity index (χ2v) is 5.81. The Hall–Kier alpha value is -2.88. The molecule has 2 rings (SSSR count). The summed E-state index contributed by atoms with van der Waals surface area (Å²) in [6.07, 6.45) is 1.61. The minimum absolute atomic E-state index is 0.229. The quantitative estimate of drug-likeness (QED) is 0.823. The first-order valence-electron chi connectivity index (χ1n) is 7.80. The molecule has 24 heavy (non-hydrogen) atoms. The van der Waals surface area contributed by atoms with Crippen molar-refractivity contribution in [2.24, 2.45) is 0 Å². The molecule has 2 N–H and O–H groups in total. The smallest absolute Gasteiger partial charge is 0.255 e. The summed E-state index contributed by atoms with van der Waals surface area (Å²) in [5.74, 6) is -0.462. The summed E-state index contributed by atoms with van der Waals surface area (Å²) >= 11 is 0. The van der Waals surface area contributed by atoms with Crippen molar-refractivity contribution in [2.45, 2.75) is 20.8 Å². The number of carbonyl (C=O) groups is 2. The minimum Gasteiger partial charge on any atom is -0.349 e. The van der Waals surface area contributed by atoms with E-state index < -0.39 is 0 Å². The van der Waals surface area contributed by atoms with Crippen LogP contribution >= 0.6 is 0 Å². The largest absolute Gasteiger partial charge is 0.349 e. The number of rotatable bonds is 5. The van der Waals surface area contributed by atoms with Crippen LogP contribution in [0.5, 0.6) is 0 Å². The molecule has 0 unspecified atom stereocenters. The van der Waals surface area contributed by atoms with Crippen LogP contribution in [0.25, 0.3) is 0 Å². The van der Waals surface area contributed by atoms with Crippen LogP contribution in [0.1, 0.15) is 37.4 Å². The standard InChI is InChI=1S/C20H22N2O2/c1-5-9-21-19(23)16-7-6-8-17(12-16)20(24)22-18-14(3)10-13(2)11-15(18)4/h5-8,10-12H,1,9H2,2-4H3,(H,21,23)(H,22,24). The molecule has 124 valence electrons. The van der Waals surface area contributed by atoms with E-state index in [2.05, 4.69) is 17.2 Å². The van der Waals surface area contributed by atoms with Gasteiger partial charge in [-0.3, -0.25) is 9.59 Å². The highest BCUT2D eigenvalue weighted by Gasteiger charge is 2.12. The van der Waals surface area contributed by atoms with Gasteiger partial charge in [-0.25, -0.2) is 0 Å². The highest BCUT2D eigenvalue weighted by Crippen LogP contribution is 2.22. The van der Waals surface area contributed by atoms with Crippen LogP contribution in [0.15, 0.2) is 49.1 Å². The van der Waals surface area contributed by atoms with Crippen molar-refractivity contribution in [3.63, 3.8) is 0 Å². The molecule has 0 bridgehead atoms. The molecule has 0 aliphatic rings. The molecule has 0 heterocycles. The van der Waals surface area contributed by atoms with E-state index in [0.717, 1.165) is 22.4 Å². The predicted molar refractivity (Wildman–Crippen MR) is 97.6 cm³/mol. The average Bonchev–Trinajstić information content (AvgIpc) is 2.55. The van der Waals surface area contributed by atoms with Crippen molar-refractivity contribution in [1.29, 1.82) is 0 Å². The fourth-order valence-electron chi connectivity index (χ4n) is 2.63. The summed E-state index contributed by atoms with van der Waals surface area (Å²) < 4.78 is 0. The summed E-state index contributed by atoms with van der Waals surface area (Å²) in [4.78, 5) is 24.5. The Morgan fingerprint density at radius 3 is 2.17 bits per heavy atom. The monoisotopic (exact) mass is 322 g/mol. The zero-order valence-electron chi connectivity index (χ0n) is 14.3. The number of hydrogen-bond donors (Lipinski definition) is 2. The predicted octanol–water partition coefficient (Wildman–Crippen LogP) is 3.78. The Morgan fingerprint density at radius 1 is 1.00 bits per heavy atom. The van der Waals surface area contributed by atoms with Gasteiger partial charge in [0, 0.05) is 23.4 Å². The Morgan fingerprint density at radius 2 is 1.58 bits per heavy atom. The zero-order chi connectivity index (χ0) is 17.7. The maximum atomic E-state index is 12.5. The van der Waals surface area contributed by atoms with E-state index in [1.54, 1.807) is 30.3 Å². The molecule has 4 heteroatoms. The van der Waals surface area contributed by atoms with E-state index in [0.29, 0.717) is 17.7 Å². The third kappa shape index (κ3) is 4.10. The van der Waals surface area contributed by atoms with Crippen LogP contribution in [0.3, 0.4) is 0 Å². The van der Waals surface area contributed by atoms with E-state index in [9.17, 15) is 9.59 Å². The number of anilines is 1. The molecule has 2 amide bonds. The van der Waals surface area contributed by atoms with Crippen molar-refractivity contribution < 1.29 is 9.59 Å². The molecule has 0 aliphatic heterocycles. The Labute approximate surface area is 142 Å². The molecule has 0 radical (unpaired) electrons. The van der Waals surface area contributed by atoms with Gasteiger partial charge in [0.15, 0.2) is 0 Å². The Balaban J connectivity index is 2.22. The van der Waals surface area contributed by atoms with Gasteiger partial charge in [-0.15, -0.1) is 6.58 Å². The van der Waals surface area contributed by atoms with Crippen molar-refractivity contribution in [3.05, 3.63) is 76.9 Å². The van der Waals surface area contributed by atoms with E-state index >= 15 is 0 Å². The van der Waals surface area contributed by atoms with Gasteiger partial charge >= 0.3 is 0 Å². The van der Waals surface area contributed by atoms with Crippen LogP contribution in [0.4, 0.5) is 5.69 Å². The van der Waals surface area contributed by atoms with Gasteiger partial charge in [0.05, 0.1) is 0 Å². The molecule has 0 spiro atoms. The van der Waals surface area contributed by atoms with Crippen LogP contribution < -0.4 is 10.6 Å². The van der Waals surface area contributed by atoms with Crippen LogP contribution in [0, 0.1) is 20.8 Å². The van der Waals surface area contributed by atoms with Gasteiger partial charge in [0.1, 0.15) is 0 Å². The Kier molecular flexibility index (Phi) is 5.53. The molecule has 0 saturated carbocycles. The minimum atomic E-state index is -0.233. The van der Waals surface area contributed by atoms with Gasteiger partial charge < -0.3 is 10.6 Å². The molecule has 2 aromatic rings. The second kappa shape index (κ2) is 7.59. The van der Waals surface area contributed by atoms with Crippen LogP contribution in [-0.4, -0.2) is 18.4 Å². The molecule has 0 fully saturated rings. The fraction of sp³-hybridized carbons (Fsp3) is 0.200. The third-order valence-corrected chi connectivity index (χ3v) is 3.71. The summed E-state index contributed by atoms with van der Waals surface area (Å²) in [5, 5.41) is 5.64. The van der Waals surface area contributed by atoms with Gasteiger partial charge in [-0.05, 0) is 50.1 Å². The summed E-state index contributed by atoms with van der Waals surface area (Å²) in [6.45, 7) is 9.91. The fourth-order valence-corrected chi connectivity index (χ4v) is 2.63. The topological polar surface area (TPSA) is 58.2 Å². The highest BCUT2D eigenvalue weighted by molar-refractivity contribution is 6.06. The van der Waals surface area contributed by atoms with Gasteiger partial charge in [0.2, 0.25) is 0 Å². The maximum absolute atomic E-state index is 12.5. The first kappa shape index (κ1) is 17.5. The zero-order valence-corrected chi connectivity index (χ0v) is 14.3. The first-order valence-corrected chi connectivity index (χ1v) is 7.80. The van der Waals surface area contributed by atoms with Crippen molar-refractivity contribution >= 4 is 17.5 Å². The van der Waals surface area contributed by atoms with Crippen molar-refractivity contribution in [2.75, 3.05) is 11.9 Å². The van der Waals surface area contributed by atoms with Crippen LogP contribution in [0.2, 0.25) is 0 Å². The number of carbonyl (C=O) groups excluding carboxylic acids is 2. The third-order valence-electron chi connectivity index (χ3n) is 3.71. The van der Waals surface area contributed by atoms with E-state index in [1.165, 1.54) is 0 Å². The first-order chi connectivity index (χ1) is 11.4. The Bertz CT molecular complexity index is 771. The van der Waals surface area contributed by atoms with Crippen molar-refractivity contribution in [3.8, 4) is 0 Å². The second-order valence-electron chi connectivity index (χ2n) is 5.81. The normalized spacial score (nSPS) is 10.1. The number of amides is 2. The lowest BCUT2D eigenvalue weighted by Crippen LogP contribution is -2.23. The lowest BCUT2D eigenvalue weighted by molar-refractivity contribution is 0.0958. The van der Waals surface area contributed by atoms with E-state index in [-0.39, 0.29) is 11.8 Å². The van der Waals surface area contributed by atoms with Gasteiger partial charge in [-0.1, -0.05) is 29.8 Å².